The maximum atomic E-state index is 11.2. The molecule has 0 aliphatic heterocycles. The molecule has 0 amide bonds. The van der Waals surface area contributed by atoms with Gasteiger partial charge in [-0.05, 0) is 88.1 Å². The van der Waals surface area contributed by atoms with Crippen LogP contribution in [0.4, 0.5) is 0 Å². The third kappa shape index (κ3) is 9.19. The smallest absolute Gasteiger partial charge is 0.330 e. The summed E-state index contributed by atoms with van der Waals surface area (Å²) in [6, 6.07) is 28.7. The van der Waals surface area contributed by atoms with E-state index in [2.05, 4.69) is 22.5 Å². The molecule has 45 heavy (non-hydrogen) atoms. The van der Waals surface area contributed by atoms with Gasteiger partial charge in [-0.15, -0.1) is 0 Å². The van der Waals surface area contributed by atoms with Gasteiger partial charge in [-0.2, -0.15) is 0 Å². The Hall–Kier alpha value is -5.10. The van der Waals surface area contributed by atoms with Crippen molar-refractivity contribution in [2.24, 2.45) is 0 Å². The van der Waals surface area contributed by atoms with E-state index in [4.69, 9.17) is 0 Å². The number of ether oxygens (including phenoxy) is 2. The van der Waals surface area contributed by atoms with Crippen molar-refractivity contribution in [3.05, 3.63) is 120 Å². The first-order valence-electron chi connectivity index (χ1n) is 15.1. The normalized spacial score (nSPS) is 14.0. The maximum absolute atomic E-state index is 11.2. The molecule has 1 saturated carbocycles. The van der Waals surface area contributed by atoms with Gasteiger partial charge >= 0.3 is 11.9 Å². The Morgan fingerprint density at radius 1 is 0.622 bits per heavy atom. The molecule has 0 unspecified atom stereocenters. The minimum atomic E-state index is -0.373. The lowest BCUT2D eigenvalue weighted by Gasteiger charge is -2.34. The Bertz CT molecular complexity index is 1620. The van der Waals surface area contributed by atoms with Crippen molar-refractivity contribution >= 4 is 24.1 Å². The second-order valence-electron chi connectivity index (χ2n) is 11.4. The van der Waals surface area contributed by atoms with Crippen molar-refractivity contribution in [1.82, 2.24) is 0 Å². The van der Waals surface area contributed by atoms with Crippen molar-refractivity contribution in [1.29, 1.82) is 0 Å². The highest BCUT2D eigenvalue weighted by molar-refractivity contribution is 5.87. The largest absolute Gasteiger partial charge is 0.508 e. The van der Waals surface area contributed by atoms with Crippen molar-refractivity contribution in [2.75, 3.05) is 14.2 Å². The number of methoxy groups -OCH3 is 2. The molecule has 0 aromatic heterocycles. The van der Waals surface area contributed by atoms with Crippen molar-refractivity contribution < 1.29 is 29.3 Å². The summed E-state index contributed by atoms with van der Waals surface area (Å²) >= 11 is 0. The molecule has 6 heteroatoms. The molecule has 0 bridgehead atoms. The Morgan fingerprint density at radius 2 is 1.04 bits per heavy atom. The molecule has 1 aliphatic carbocycles. The van der Waals surface area contributed by atoms with E-state index in [0.717, 1.165) is 51.8 Å². The van der Waals surface area contributed by atoms with Crippen LogP contribution in [0.3, 0.4) is 0 Å². The molecule has 5 rings (SSSR count). The summed E-state index contributed by atoms with van der Waals surface area (Å²) in [5.74, 6) is -0.0854. The van der Waals surface area contributed by atoms with Crippen LogP contribution < -0.4 is 0 Å². The van der Waals surface area contributed by atoms with Crippen molar-refractivity contribution in [2.45, 2.75) is 44.4 Å². The summed E-state index contributed by atoms with van der Waals surface area (Å²) in [5, 5.41) is 19.7. The first-order chi connectivity index (χ1) is 21.7. The van der Waals surface area contributed by atoms with Gasteiger partial charge in [0, 0.05) is 17.7 Å². The van der Waals surface area contributed by atoms with Gasteiger partial charge in [0.2, 0.25) is 0 Å². The molecule has 0 radical (unpaired) electrons. The van der Waals surface area contributed by atoms with E-state index in [-0.39, 0.29) is 23.1 Å². The number of rotatable bonds is 7. The molecular weight excluding hydrogens is 564 g/mol. The zero-order valence-electron chi connectivity index (χ0n) is 26.0. The lowest BCUT2D eigenvalue weighted by molar-refractivity contribution is -0.135. The molecule has 0 heterocycles. The molecule has 0 spiro atoms. The molecule has 1 aliphatic rings. The first-order valence-corrected chi connectivity index (χ1v) is 15.1. The summed E-state index contributed by atoms with van der Waals surface area (Å²) in [4.78, 5) is 22.2. The fraction of sp³-hybridized carbons (Fsp3) is 0.231. The number of phenols is 2. The molecule has 1 fully saturated rings. The summed E-state index contributed by atoms with van der Waals surface area (Å²) in [7, 11) is 2.71. The second-order valence-corrected chi connectivity index (χ2v) is 11.4. The number of phenolic OH excluding ortho intramolecular Hbond substituents is 2. The van der Waals surface area contributed by atoms with Crippen LogP contribution >= 0.6 is 0 Å². The Kier molecular flexibility index (Phi) is 11.4. The number of benzene rings is 4. The van der Waals surface area contributed by atoms with E-state index in [1.54, 1.807) is 24.3 Å². The molecule has 6 nitrogen and oxygen atoms in total. The fourth-order valence-electron chi connectivity index (χ4n) is 5.49. The van der Waals surface area contributed by atoms with Crippen LogP contribution in [0.25, 0.3) is 34.4 Å². The van der Waals surface area contributed by atoms with Crippen LogP contribution in [-0.2, 0) is 24.5 Å². The molecular formula is C39H40O6. The zero-order chi connectivity index (χ0) is 32.2. The highest BCUT2D eigenvalue weighted by Gasteiger charge is 2.31. The second kappa shape index (κ2) is 15.6. The van der Waals surface area contributed by atoms with E-state index < -0.39 is 0 Å². The van der Waals surface area contributed by atoms with Crippen LogP contribution in [-0.4, -0.2) is 36.4 Å². The first kappa shape index (κ1) is 32.8. The minimum Gasteiger partial charge on any atom is -0.508 e. The number of carbonyl (C=O) groups is 2. The van der Waals surface area contributed by atoms with Gasteiger partial charge < -0.3 is 19.7 Å². The van der Waals surface area contributed by atoms with Gasteiger partial charge in [0.1, 0.15) is 11.5 Å². The lowest BCUT2D eigenvalue weighted by Crippen LogP contribution is -2.25. The van der Waals surface area contributed by atoms with Gasteiger partial charge in [0.05, 0.1) is 14.2 Å². The van der Waals surface area contributed by atoms with Crippen molar-refractivity contribution in [3.63, 3.8) is 0 Å². The van der Waals surface area contributed by atoms with E-state index in [9.17, 15) is 19.8 Å². The van der Waals surface area contributed by atoms with Crippen LogP contribution in [0.15, 0.2) is 103 Å². The fourth-order valence-corrected chi connectivity index (χ4v) is 5.49. The Labute approximate surface area is 265 Å². The van der Waals surface area contributed by atoms with E-state index >= 15 is 0 Å². The predicted octanol–water partition coefficient (Wildman–Crippen LogP) is 8.71. The zero-order valence-corrected chi connectivity index (χ0v) is 26.0. The number of aromatic hydroxyl groups is 2. The average Bonchev–Trinajstić information content (AvgIpc) is 3.07. The van der Waals surface area contributed by atoms with Crippen LogP contribution in [0.1, 0.15) is 55.7 Å². The van der Waals surface area contributed by atoms with Gasteiger partial charge in [-0.1, -0.05) is 92.9 Å². The predicted molar refractivity (Wildman–Crippen MR) is 180 cm³/mol. The molecule has 0 saturated heterocycles. The molecule has 2 N–H and O–H groups in total. The standard InChI is InChI=1S/C23H26O3.C16H14O3/c1-23(14-4-3-5-15-23)20-16-19(11-12-21(20)24)18-9-6-17(7-10-18)8-13-22(25)26-2;1-19-16(18)11-4-12-2-5-13(6-3-12)14-7-9-15(17)10-8-14/h6-13,16,24H,3-5,14-15H2,1-2H3;2-11,17H,1H3/b13-8+;11-4+. The molecule has 0 atom stereocenters. The van der Waals surface area contributed by atoms with E-state index in [0.29, 0.717) is 5.75 Å². The molecule has 4 aromatic rings. The summed E-state index contributed by atoms with van der Waals surface area (Å²) in [5.41, 5.74) is 7.27. The SMILES string of the molecule is COC(=O)/C=C/c1ccc(-c2ccc(O)c(C3(C)CCCCC3)c2)cc1.COC(=O)/C=C/c1ccc(-c2ccc(O)cc2)cc1. The lowest BCUT2D eigenvalue weighted by atomic mass is 9.70. The highest BCUT2D eigenvalue weighted by atomic mass is 16.5. The maximum Gasteiger partial charge on any atom is 0.330 e. The third-order valence-electron chi connectivity index (χ3n) is 8.19. The van der Waals surface area contributed by atoms with Gasteiger partial charge in [-0.3, -0.25) is 0 Å². The Balaban J connectivity index is 0.000000215. The topological polar surface area (TPSA) is 93.1 Å². The number of hydrogen-bond acceptors (Lipinski definition) is 6. The van der Waals surface area contributed by atoms with Crippen molar-refractivity contribution in [3.8, 4) is 33.8 Å². The number of carbonyl (C=O) groups excluding carboxylic acids is 2. The van der Waals surface area contributed by atoms with E-state index in [1.165, 1.54) is 45.6 Å². The quantitative estimate of drug-likeness (QED) is 0.162. The van der Waals surface area contributed by atoms with Crippen LogP contribution in [0.5, 0.6) is 11.5 Å². The monoisotopic (exact) mass is 604 g/mol. The number of hydrogen-bond donors (Lipinski definition) is 2. The highest BCUT2D eigenvalue weighted by Crippen LogP contribution is 2.44. The summed E-state index contributed by atoms with van der Waals surface area (Å²) in [6.07, 6.45) is 12.2. The van der Waals surface area contributed by atoms with Crippen LogP contribution in [0.2, 0.25) is 0 Å². The number of esters is 2. The minimum absolute atomic E-state index is 0.0571. The van der Waals surface area contributed by atoms with E-state index in [1.807, 2.05) is 72.8 Å². The van der Waals surface area contributed by atoms with Gasteiger partial charge in [-0.25, -0.2) is 9.59 Å². The average molecular weight is 605 g/mol. The van der Waals surface area contributed by atoms with Gasteiger partial charge in [0.25, 0.3) is 0 Å². The third-order valence-corrected chi connectivity index (χ3v) is 8.19. The molecule has 232 valence electrons. The summed E-state index contributed by atoms with van der Waals surface area (Å²) < 4.78 is 9.13. The van der Waals surface area contributed by atoms with Gasteiger partial charge in [0.15, 0.2) is 0 Å². The van der Waals surface area contributed by atoms with Crippen LogP contribution in [0, 0.1) is 0 Å². The Morgan fingerprint density at radius 3 is 1.51 bits per heavy atom. The summed E-state index contributed by atoms with van der Waals surface area (Å²) in [6.45, 7) is 2.27. The molecule has 4 aromatic carbocycles.